The number of aromatic hydroxyl groups is 1. The molecule has 0 fully saturated rings. The van der Waals surface area contributed by atoms with Crippen LogP contribution in [0.2, 0.25) is 5.02 Å². The Morgan fingerprint density at radius 1 is 1.28 bits per heavy atom. The van der Waals surface area contributed by atoms with Gasteiger partial charge in [-0.25, -0.2) is 13.1 Å². The van der Waals surface area contributed by atoms with Crippen LogP contribution < -0.4 is 0 Å². The quantitative estimate of drug-likeness (QED) is 0.567. The predicted molar refractivity (Wildman–Crippen MR) is 103 cm³/mol. The molecule has 10 heteroatoms. The number of aromatic nitrogens is 2. The number of halogens is 1. The molecule has 0 unspecified atom stereocenters. The highest BCUT2D eigenvalue weighted by molar-refractivity contribution is 8.15. The number of hydrogen-bond acceptors (Lipinski definition) is 7. The minimum absolute atomic E-state index is 0.00677. The number of rotatable bonds is 6. The second-order valence-electron chi connectivity index (χ2n) is 5.25. The van der Waals surface area contributed by atoms with E-state index in [0.717, 1.165) is 6.26 Å². The molecule has 0 aliphatic rings. The van der Waals surface area contributed by atoms with Gasteiger partial charge in [0.1, 0.15) is 5.56 Å². The molecule has 0 aliphatic heterocycles. The zero-order chi connectivity index (χ0) is 18.9. The van der Waals surface area contributed by atoms with Crippen molar-refractivity contribution in [1.82, 2.24) is 9.78 Å². The van der Waals surface area contributed by atoms with Crippen LogP contribution in [0.15, 0.2) is 23.2 Å². The van der Waals surface area contributed by atoms with Crippen LogP contribution in [0.4, 0.5) is 0 Å². The van der Waals surface area contributed by atoms with Crippen molar-refractivity contribution in [3.05, 3.63) is 40.0 Å². The minimum Gasteiger partial charge on any atom is -0.493 e. The third-order valence-electron chi connectivity index (χ3n) is 3.60. The first-order chi connectivity index (χ1) is 11.6. The van der Waals surface area contributed by atoms with Crippen LogP contribution in [0.1, 0.15) is 26.1 Å². The topological polar surface area (TPSA) is 89.3 Å². The summed E-state index contributed by atoms with van der Waals surface area (Å²) < 4.78 is 25.2. The Bertz CT molecular complexity index is 921. The SMILES string of the molecule is CSC(SC)c1c(S(C)(=O)=O)ccc(C(=O)c2cnn(C)c2O)c1Cl. The molecule has 136 valence electrons. The van der Waals surface area contributed by atoms with Gasteiger partial charge in [0.15, 0.2) is 9.84 Å². The Balaban J connectivity index is 2.72. The lowest BCUT2D eigenvalue weighted by Gasteiger charge is -2.19. The monoisotopic (exact) mass is 420 g/mol. The van der Waals surface area contributed by atoms with E-state index in [9.17, 15) is 18.3 Å². The van der Waals surface area contributed by atoms with Crippen molar-refractivity contribution in [2.75, 3.05) is 18.8 Å². The molecule has 0 atom stereocenters. The molecule has 0 aliphatic carbocycles. The Hall–Kier alpha value is -1.16. The fraction of sp³-hybridized carbons (Fsp3) is 0.333. The van der Waals surface area contributed by atoms with E-state index in [4.69, 9.17) is 11.6 Å². The van der Waals surface area contributed by atoms with Gasteiger partial charge in [0.05, 0.1) is 20.7 Å². The molecule has 0 saturated carbocycles. The summed E-state index contributed by atoms with van der Waals surface area (Å²) in [5.74, 6) is -0.793. The highest BCUT2D eigenvalue weighted by atomic mass is 35.5. The van der Waals surface area contributed by atoms with Gasteiger partial charge in [0, 0.05) is 24.4 Å². The lowest BCUT2D eigenvalue weighted by atomic mass is 10.0. The first-order valence-corrected chi connectivity index (χ1v) is 11.8. The third-order valence-corrected chi connectivity index (χ3v) is 7.64. The predicted octanol–water partition coefficient (Wildman–Crippen LogP) is 3.14. The van der Waals surface area contributed by atoms with Crippen molar-refractivity contribution in [1.29, 1.82) is 0 Å². The van der Waals surface area contributed by atoms with Crippen LogP contribution in [-0.2, 0) is 16.9 Å². The van der Waals surface area contributed by atoms with Crippen molar-refractivity contribution >= 4 is 50.7 Å². The highest BCUT2D eigenvalue weighted by Crippen LogP contribution is 2.44. The summed E-state index contributed by atoms with van der Waals surface area (Å²) in [6.45, 7) is 0. The van der Waals surface area contributed by atoms with Crippen LogP contribution in [0.3, 0.4) is 0 Å². The van der Waals surface area contributed by atoms with E-state index in [-0.39, 0.29) is 31.5 Å². The Morgan fingerprint density at radius 2 is 1.88 bits per heavy atom. The molecule has 2 rings (SSSR count). The fourth-order valence-electron chi connectivity index (χ4n) is 2.36. The first-order valence-electron chi connectivity index (χ1n) is 6.97. The van der Waals surface area contributed by atoms with Crippen molar-refractivity contribution in [3.8, 4) is 5.88 Å². The second kappa shape index (κ2) is 7.61. The van der Waals surface area contributed by atoms with Gasteiger partial charge in [0.25, 0.3) is 0 Å². The molecule has 0 saturated heterocycles. The van der Waals surface area contributed by atoms with Gasteiger partial charge < -0.3 is 5.11 Å². The molecule has 6 nitrogen and oxygen atoms in total. The number of nitrogens with zero attached hydrogens (tertiary/aromatic N) is 2. The zero-order valence-corrected chi connectivity index (χ0v) is 17.2. The van der Waals surface area contributed by atoms with Crippen LogP contribution in [0, 0.1) is 0 Å². The summed E-state index contributed by atoms with van der Waals surface area (Å²) in [7, 11) is -2.02. The van der Waals surface area contributed by atoms with Gasteiger partial charge in [-0.05, 0) is 24.6 Å². The maximum absolute atomic E-state index is 12.8. The summed E-state index contributed by atoms with van der Waals surface area (Å²) in [5, 5.41) is 13.9. The number of ketones is 1. The lowest BCUT2D eigenvalue weighted by molar-refractivity contribution is 0.103. The molecule has 1 N–H and O–H groups in total. The number of benzene rings is 1. The minimum atomic E-state index is -3.52. The van der Waals surface area contributed by atoms with Crippen molar-refractivity contribution in [3.63, 3.8) is 0 Å². The largest absolute Gasteiger partial charge is 0.493 e. The average Bonchev–Trinajstić information content (AvgIpc) is 2.87. The number of thioether (sulfide) groups is 2. The number of carbonyl (C=O) groups excluding carboxylic acids is 1. The number of sulfone groups is 1. The van der Waals surface area contributed by atoms with Gasteiger partial charge in [-0.2, -0.15) is 5.10 Å². The molecule has 2 aromatic rings. The smallest absolute Gasteiger partial charge is 0.220 e. The van der Waals surface area contributed by atoms with E-state index >= 15 is 0 Å². The highest BCUT2D eigenvalue weighted by Gasteiger charge is 2.28. The van der Waals surface area contributed by atoms with Gasteiger partial charge in [-0.15, -0.1) is 23.5 Å². The zero-order valence-electron chi connectivity index (χ0n) is 14.0. The molecule has 1 aromatic carbocycles. The molecule has 25 heavy (non-hydrogen) atoms. The molecule has 1 heterocycles. The Morgan fingerprint density at radius 3 is 2.32 bits per heavy atom. The maximum atomic E-state index is 12.8. The van der Waals surface area contributed by atoms with Crippen LogP contribution >= 0.6 is 35.1 Å². The van der Waals surface area contributed by atoms with Crippen molar-refractivity contribution < 1.29 is 18.3 Å². The number of hydrogen-bond donors (Lipinski definition) is 1. The van der Waals surface area contributed by atoms with Gasteiger partial charge >= 0.3 is 0 Å². The van der Waals surface area contributed by atoms with E-state index < -0.39 is 15.6 Å². The van der Waals surface area contributed by atoms with Gasteiger partial charge in [-0.3, -0.25) is 4.79 Å². The summed E-state index contributed by atoms with van der Waals surface area (Å²) in [6, 6.07) is 2.76. The molecule has 1 aromatic heterocycles. The number of aryl methyl sites for hydroxylation is 1. The van der Waals surface area contributed by atoms with E-state index in [1.54, 1.807) is 0 Å². The molecule has 0 bridgehead atoms. The van der Waals surface area contributed by atoms with E-state index in [1.165, 1.54) is 53.6 Å². The van der Waals surface area contributed by atoms with Crippen molar-refractivity contribution in [2.24, 2.45) is 7.05 Å². The Labute approximate surface area is 159 Å². The fourth-order valence-corrected chi connectivity index (χ4v) is 5.72. The van der Waals surface area contributed by atoms with E-state index in [2.05, 4.69) is 5.10 Å². The normalized spacial score (nSPS) is 11.9. The molecule has 0 amide bonds. The Kier molecular flexibility index (Phi) is 6.13. The molecular formula is C15H17ClN2O4S3. The second-order valence-corrected chi connectivity index (χ2v) is 9.80. The van der Waals surface area contributed by atoms with E-state index in [1.807, 2.05) is 12.5 Å². The standard InChI is InChI=1S/C15H17ClN2O4S3/c1-18-14(20)9(7-17-18)13(19)8-5-6-10(25(4,21)22)11(12(8)16)15(23-2)24-3/h5-7,15,20H,1-4H3. The summed E-state index contributed by atoms with van der Waals surface area (Å²) in [5.41, 5.74) is 0.520. The molecular weight excluding hydrogens is 404 g/mol. The lowest BCUT2D eigenvalue weighted by Crippen LogP contribution is -2.09. The molecule has 0 radical (unpaired) electrons. The first kappa shape index (κ1) is 20.2. The summed E-state index contributed by atoms with van der Waals surface area (Å²) in [6.07, 6.45) is 6.03. The number of carbonyl (C=O) groups is 1. The van der Waals surface area contributed by atoms with Crippen LogP contribution in [0.25, 0.3) is 0 Å². The summed E-state index contributed by atoms with van der Waals surface area (Å²) >= 11 is 9.31. The van der Waals surface area contributed by atoms with Crippen molar-refractivity contribution in [2.45, 2.75) is 9.48 Å². The third kappa shape index (κ3) is 3.84. The van der Waals surface area contributed by atoms with Crippen LogP contribution in [0.5, 0.6) is 5.88 Å². The van der Waals surface area contributed by atoms with Crippen LogP contribution in [-0.4, -0.2) is 47.9 Å². The van der Waals surface area contributed by atoms with E-state index in [0.29, 0.717) is 5.56 Å². The average molecular weight is 421 g/mol. The van der Waals surface area contributed by atoms with Gasteiger partial charge in [0.2, 0.25) is 11.7 Å². The maximum Gasteiger partial charge on any atom is 0.220 e. The molecule has 0 spiro atoms. The van der Waals surface area contributed by atoms with Gasteiger partial charge in [-0.1, -0.05) is 11.6 Å². The summed E-state index contributed by atoms with van der Waals surface area (Å²) in [4.78, 5) is 12.8.